The van der Waals surface area contributed by atoms with Crippen LogP contribution < -0.4 is 16.0 Å². The van der Waals surface area contributed by atoms with Gasteiger partial charge >= 0.3 is 5.97 Å². The lowest BCUT2D eigenvalue weighted by Crippen LogP contribution is -2.16. The van der Waals surface area contributed by atoms with E-state index < -0.39 is 0 Å². The molecule has 3 aliphatic rings. The normalized spacial score (nSPS) is 24.0. The van der Waals surface area contributed by atoms with E-state index in [9.17, 15) is 9.59 Å². The fourth-order valence-electron chi connectivity index (χ4n) is 7.52. The largest absolute Gasteiger partial charge is 0.461 e. The average molecular weight is 619 g/mol. The number of ketones is 1. The molecule has 7 nitrogen and oxygen atoms in total. The van der Waals surface area contributed by atoms with Crippen LogP contribution in [0.15, 0.2) is 29.6 Å². The summed E-state index contributed by atoms with van der Waals surface area (Å²) in [5.41, 5.74) is 14.4. The monoisotopic (exact) mass is 618 g/mol. The Bertz CT molecular complexity index is 2000. The van der Waals surface area contributed by atoms with Crippen LogP contribution in [-0.2, 0) is 16.0 Å². The fraction of sp³-hybridized carbons (Fsp3) is 0.385. The number of allylic oxidation sites excluding steroid dienone is 4. The Morgan fingerprint density at radius 1 is 0.957 bits per heavy atom. The first-order valence-corrected chi connectivity index (χ1v) is 16.5. The summed E-state index contributed by atoms with van der Waals surface area (Å²) in [6.07, 6.45) is 12.1. The van der Waals surface area contributed by atoms with E-state index in [2.05, 4.69) is 72.8 Å². The lowest BCUT2D eigenvalue weighted by molar-refractivity contribution is -0.142. The van der Waals surface area contributed by atoms with Gasteiger partial charge in [-0.25, -0.2) is 0 Å². The second-order valence-corrected chi connectivity index (χ2v) is 13.3. The number of nitrogens with one attached hydrogen (secondary N) is 4. The molecule has 3 aromatic heterocycles. The number of hydrogen-bond acceptors (Lipinski definition) is 4. The van der Waals surface area contributed by atoms with Gasteiger partial charge in [0.25, 0.3) is 0 Å². The van der Waals surface area contributed by atoms with E-state index in [1.54, 1.807) is 0 Å². The molecular weight excluding hydrogens is 572 g/mol. The number of carbonyl (C=O) groups excluding carboxylic acids is 2. The van der Waals surface area contributed by atoms with Crippen molar-refractivity contribution in [3.63, 3.8) is 0 Å². The molecule has 7 heteroatoms. The SMILES string of the molecule is C=Cc1c2[nH]c(c1C)/C=C1\N/C(=C3\c4[nH]c(c(C)c4C(=O)[C@@H]3C)/C=c3\[nH]/c(c(C)c3CC)=C\2)[C@@H](CCC(=O)OCC=C(C)C)[C@@H]1C. The van der Waals surface area contributed by atoms with Crippen molar-refractivity contribution in [2.45, 2.75) is 74.7 Å². The highest BCUT2D eigenvalue weighted by atomic mass is 16.5. The zero-order valence-electron chi connectivity index (χ0n) is 28.4. The molecule has 0 spiro atoms. The summed E-state index contributed by atoms with van der Waals surface area (Å²) < 4.78 is 5.52. The molecule has 1 aliphatic carbocycles. The van der Waals surface area contributed by atoms with Crippen molar-refractivity contribution in [1.82, 2.24) is 20.3 Å². The van der Waals surface area contributed by atoms with Crippen LogP contribution in [0.1, 0.15) is 108 Å². The number of Topliss-reactive ketones (excluding diaryl/α,β-unsaturated/α-hetero) is 1. The van der Waals surface area contributed by atoms with Crippen molar-refractivity contribution in [3.8, 4) is 0 Å². The molecular formula is C39H46N4O3. The summed E-state index contributed by atoms with van der Waals surface area (Å²) in [5, 5.41) is 5.87. The van der Waals surface area contributed by atoms with Gasteiger partial charge < -0.3 is 25.0 Å². The molecule has 5 heterocycles. The van der Waals surface area contributed by atoms with Crippen LogP contribution in [0.5, 0.6) is 0 Å². The van der Waals surface area contributed by atoms with Crippen molar-refractivity contribution < 1.29 is 14.3 Å². The van der Waals surface area contributed by atoms with Gasteiger partial charge in [0.15, 0.2) is 5.78 Å². The number of H-pyrrole nitrogens is 3. The first kappa shape index (κ1) is 31.5. The summed E-state index contributed by atoms with van der Waals surface area (Å²) in [5.74, 6) is -0.298. The van der Waals surface area contributed by atoms with Gasteiger partial charge in [0, 0.05) is 80.0 Å². The van der Waals surface area contributed by atoms with Gasteiger partial charge in [-0.15, -0.1) is 0 Å². The predicted octanol–water partition coefficient (Wildman–Crippen LogP) is 6.50. The Balaban J connectivity index is 1.58. The molecule has 0 radical (unpaired) electrons. The van der Waals surface area contributed by atoms with Gasteiger partial charge in [-0.3, -0.25) is 9.59 Å². The second-order valence-electron chi connectivity index (χ2n) is 13.3. The maximum atomic E-state index is 13.9. The molecule has 0 saturated carbocycles. The van der Waals surface area contributed by atoms with E-state index in [0.717, 1.165) is 84.7 Å². The summed E-state index contributed by atoms with van der Waals surface area (Å²) in [6, 6.07) is 0. The van der Waals surface area contributed by atoms with Gasteiger partial charge in [-0.1, -0.05) is 39.0 Å². The quantitative estimate of drug-likeness (QED) is 0.179. The number of esters is 1. The molecule has 1 fully saturated rings. The Kier molecular flexibility index (Phi) is 8.21. The average Bonchev–Trinajstić information content (AvgIpc) is 3.73. The topological polar surface area (TPSA) is 103 Å². The number of hydrogen-bond donors (Lipinski definition) is 4. The van der Waals surface area contributed by atoms with Crippen molar-refractivity contribution in [1.29, 1.82) is 0 Å². The Hall–Kier alpha value is -4.52. The fourth-order valence-corrected chi connectivity index (χ4v) is 7.52. The van der Waals surface area contributed by atoms with E-state index in [1.807, 2.05) is 39.8 Å². The summed E-state index contributed by atoms with van der Waals surface area (Å²) in [4.78, 5) is 37.8. The van der Waals surface area contributed by atoms with E-state index in [-0.39, 0.29) is 36.1 Å². The van der Waals surface area contributed by atoms with E-state index in [4.69, 9.17) is 4.74 Å². The second kappa shape index (κ2) is 12.0. The lowest BCUT2D eigenvalue weighted by atomic mass is 9.85. The van der Waals surface area contributed by atoms with Crippen LogP contribution in [-0.4, -0.2) is 33.3 Å². The molecule has 46 heavy (non-hydrogen) atoms. The van der Waals surface area contributed by atoms with E-state index >= 15 is 0 Å². The first-order valence-electron chi connectivity index (χ1n) is 16.5. The molecule has 2 aliphatic heterocycles. The van der Waals surface area contributed by atoms with Crippen LogP contribution in [0.3, 0.4) is 0 Å². The number of ether oxygens (including phenoxy) is 1. The number of rotatable bonds is 7. The molecule has 1 saturated heterocycles. The van der Waals surface area contributed by atoms with Crippen LogP contribution in [0.2, 0.25) is 0 Å². The number of carbonyl (C=O) groups is 2. The number of fused-ring (bicyclic) bond motifs is 7. The minimum absolute atomic E-state index is 0.00485. The van der Waals surface area contributed by atoms with Crippen LogP contribution in [0.25, 0.3) is 29.9 Å². The van der Waals surface area contributed by atoms with Crippen molar-refractivity contribution in [2.24, 2.45) is 17.8 Å². The predicted molar refractivity (Wildman–Crippen MR) is 186 cm³/mol. The van der Waals surface area contributed by atoms with Gasteiger partial charge in [-0.05, 0) is 94.0 Å². The number of aromatic nitrogens is 3. The van der Waals surface area contributed by atoms with E-state index in [0.29, 0.717) is 12.8 Å². The third-order valence-corrected chi connectivity index (χ3v) is 10.3. The minimum atomic E-state index is -0.305. The van der Waals surface area contributed by atoms with Crippen molar-refractivity contribution in [3.05, 3.63) is 96.5 Å². The van der Waals surface area contributed by atoms with Crippen LogP contribution in [0.4, 0.5) is 0 Å². The zero-order chi connectivity index (χ0) is 33.0. The molecule has 8 bridgehead atoms. The third-order valence-electron chi connectivity index (χ3n) is 10.3. The van der Waals surface area contributed by atoms with Crippen molar-refractivity contribution in [2.75, 3.05) is 6.61 Å². The van der Waals surface area contributed by atoms with Gasteiger partial charge in [0.05, 0.1) is 5.69 Å². The van der Waals surface area contributed by atoms with Crippen LogP contribution in [0, 0.1) is 38.5 Å². The van der Waals surface area contributed by atoms with Crippen molar-refractivity contribution >= 4 is 41.6 Å². The standard InChI is InChI=1S/C39H46N4O3/c1-10-25-20(5)28-16-30-22(7)27(12-13-34(44)46-15-14-19(3)4)37(42-30)35-24(9)39(45)36-23(8)31(43-38(35)36)18-33-26(11-2)21(6)29(41-33)17-32(25)40-28/h10,14,16-18,22,24,27,40-43H,1,11-13,15H2,2-9H3/b29-17-,30-16-,33-18-,37-35-/t22-,24+,27-/m0/s1. The number of aromatic amines is 3. The molecule has 240 valence electrons. The van der Waals surface area contributed by atoms with Gasteiger partial charge in [0.1, 0.15) is 6.61 Å². The molecule has 4 N–H and O–H groups in total. The Morgan fingerprint density at radius 2 is 1.67 bits per heavy atom. The Labute approximate surface area is 271 Å². The smallest absolute Gasteiger partial charge is 0.306 e. The first-order chi connectivity index (χ1) is 21.9. The Morgan fingerprint density at radius 3 is 2.37 bits per heavy atom. The summed E-state index contributed by atoms with van der Waals surface area (Å²) in [7, 11) is 0. The molecule has 0 aromatic carbocycles. The molecule has 0 unspecified atom stereocenters. The molecule has 0 amide bonds. The highest BCUT2D eigenvalue weighted by molar-refractivity contribution is 6.15. The maximum Gasteiger partial charge on any atom is 0.306 e. The lowest BCUT2D eigenvalue weighted by Gasteiger charge is -2.19. The van der Waals surface area contributed by atoms with Crippen LogP contribution >= 0.6 is 0 Å². The minimum Gasteiger partial charge on any atom is -0.461 e. The molecule has 6 rings (SSSR count). The molecule has 3 aromatic rings. The summed E-state index contributed by atoms with van der Waals surface area (Å²) >= 11 is 0. The maximum absolute atomic E-state index is 13.9. The highest BCUT2D eigenvalue weighted by Gasteiger charge is 2.43. The summed E-state index contributed by atoms with van der Waals surface area (Å²) in [6.45, 7) is 21.1. The molecule has 3 atom stereocenters. The van der Waals surface area contributed by atoms with E-state index in [1.165, 1.54) is 11.1 Å². The van der Waals surface area contributed by atoms with Gasteiger partial charge in [-0.2, -0.15) is 0 Å². The van der Waals surface area contributed by atoms with Gasteiger partial charge in [0.2, 0.25) is 0 Å². The highest BCUT2D eigenvalue weighted by Crippen LogP contribution is 2.47. The zero-order valence-corrected chi connectivity index (χ0v) is 28.4. The third kappa shape index (κ3) is 5.16.